The van der Waals surface area contributed by atoms with Gasteiger partial charge in [0.25, 0.3) is 11.8 Å². The number of benzene rings is 4. The summed E-state index contributed by atoms with van der Waals surface area (Å²) in [5.74, 6) is 1.16. The number of likely N-dealkylation sites (tertiary alicyclic amines) is 2. The van der Waals surface area contributed by atoms with Crippen LogP contribution in [0.2, 0.25) is 0 Å². The predicted octanol–water partition coefficient (Wildman–Crippen LogP) is 6.44. The molecule has 12 nitrogen and oxygen atoms in total. The van der Waals surface area contributed by atoms with Crippen LogP contribution in [0.3, 0.4) is 0 Å². The van der Waals surface area contributed by atoms with E-state index in [0.29, 0.717) is 82.9 Å². The summed E-state index contributed by atoms with van der Waals surface area (Å²) in [6.45, 7) is 3.90. The Morgan fingerprint density at radius 3 is 1.16 bits per heavy atom. The normalized spacial score (nSPS) is 14.9. The van der Waals surface area contributed by atoms with Crippen LogP contribution in [0.5, 0.6) is 34.5 Å². The SMILES string of the molecule is COc1cc(-c2cc(C(=O)N3CCC(NCCNC4CCN(C(=O)c5ccc(F)c(-c6cc(OC)c(OC)c(OC)c6)c5)CC4)CC3)ccc2F)cc(OC)c1OC. The van der Waals surface area contributed by atoms with Crippen molar-refractivity contribution in [2.45, 2.75) is 37.8 Å². The minimum Gasteiger partial charge on any atom is -0.493 e. The van der Waals surface area contributed by atoms with Gasteiger partial charge in [0.05, 0.1) is 42.7 Å². The molecule has 2 N–H and O–H groups in total. The van der Waals surface area contributed by atoms with E-state index in [4.69, 9.17) is 28.4 Å². The maximum absolute atomic E-state index is 15.1. The van der Waals surface area contributed by atoms with Gasteiger partial charge in [-0.05, 0) is 97.5 Å². The number of amides is 2. The van der Waals surface area contributed by atoms with Crippen LogP contribution in [-0.4, -0.2) is 116 Å². The third-order valence-electron chi connectivity index (χ3n) is 10.9. The smallest absolute Gasteiger partial charge is 0.253 e. The number of hydrogen-bond donors (Lipinski definition) is 2. The molecule has 2 aliphatic heterocycles. The van der Waals surface area contributed by atoms with Crippen molar-refractivity contribution in [2.75, 3.05) is 81.9 Å². The highest BCUT2D eigenvalue weighted by Gasteiger charge is 2.27. The first-order valence-electron chi connectivity index (χ1n) is 19.4. The van der Waals surface area contributed by atoms with Gasteiger partial charge in [-0.25, -0.2) is 8.78 Å². The molecular formula is C44H52F2N4O8. The molecule has 2 fully saturated rings. The van der Waals surface area contributed by atoms with Gasteiger partial charge in [0.15, 0.2) is 23.0 Å². The van der Waals surface area contributed by atoms with Gasteiger partial charge >= 0.3 is 0 Å². The largest absolute Gasteiger partial charge is 0.493 e. The number of rotatable bonds is 15. The fourth-order valence-corrected chi connectivity index (χ4v) is 7.72. The van der Waals surface area contributed by atoms with Crippen molar-refractivity contribution in [1.82, 2.24) is 20.4 Å². The second-order valence-corrected chi connectivity index (χ2v) is 14.3. The minimum absolute atomic E-state index is 0.142. The van der Waals surface area contributed by atoms with E-state index in [-0.39, 0.29) is 35.0 Å². The Morgan fingerprint density at radius 1 is 0.534 bits per heavy atom. The zero-order valence-corrected chi connectivity index (χ0v) is 33.9. The van der Waals surface area contributed by atoms with Crippen molar-refractivity contribution in [3.05, 3.63) is 83.4 Å². The van der Waals surface area contributed by atoms with Gasteiger partial charge in [-0.2, -0.15) is 0 Å². The van der Waals surface area contributed by atoms with E-state index < -0.39 is 11.6 Å². The summed E-state index contributed by atoms with van der Waals surface area (Å²) in [6.07, 6.45) is 3.21. The molecule has 4 aromatic carbocycles. The summed E-state index contributed by atoms with van der Waals surface area (Å²) in [7, 11) is 8.99. The number of carbonyl (C=O) groups excluding carboxylic acids is 2. The summed E-state index contributed by atoms with van der Waals surface area (Å²) < 4.78 is 62.7. The molecular weight excluding hydrogens is 750 g/mol. The molecule has 0 radical (unpaired) electrons. The average Bonchev–Trinajstić information content (AvgIpc) is 3.26. The van der Waals surface area contributed by atoms with Gasteiger partial charge in [0.2, 0.25) is 11.5 Å². The first-order valence-corrected chi connectivity index (χ1v) is 19.4. The monoisotopic (exact) mass is 802 g/mol. The second-order valence-electron chi connectivity index (χ2n) is 14.3. The van der Waals surface area contributed by atoms with Crippen molar-refractivity contribution in [2.24, 2.45) is 0 Å². The second kappa shape index (κ2) is 19.2. The fraction of sp³-hybridized carbons (Fsp3) is 0.409. The maximum Gasteiger partial charge on any atom is 0.253 e. The first-order chi connectivity index (χ1) is 28.1. The summed E-state index contributed by atoms with van der Waals surface area (Å²) in [6, 6.07) is 16.0. The Hall–Kier alpha value is -5.60. The van der Waals surface area contributed by atoms with E-state index in [0.717, 1.165) is 38.8 Å². The lowest BCUT2D eigenvalue weighted by Gasteiger charge is -2.34. The van der Waals surface area contributed by atoms with E-state index in [1.807, 2.05) is 9.80 Å². The summed E-state index contributed by atoms with van der Waals surface area (Å²) >= 11 is 0. The average molecular weight is 803 g/mol. The number of carbonyl (C=O) groups is 2. The molecule has 2 saturated heterocycles. The van der Waals surface area contributed by atoms with Crippen LogP contribution in [0.1, 0.15) is 46.4 Å². The highest BCUT2D eigenvalue weighted by molar-refractivity contribution is 5.96. The molecule has 0 atom stereocenters. The highest BCUT2D eigenvalue weighted by atomic mass is 19.1. The quantitative estimate of drug-likeness (QED) is 0.130. The Labute approximate surface area is 338 Å². The molecule has 0 aromatic heterocycles. The molecule has 2 amide bonds. The van der Waals surface area contributed by atoms with Crippen molar-refractivity contribution in [1.29, 1.82) is 0 Å². The van der Waals surface area contributed by atoms with Crippen molar-refractivity contribution in [3.63, 3.8) is 0 Å². The van der Waals surface area contributed by atoms with E-state index in [1.165, 1.54) is 66.9 Å². The number of nitrogens with one attached hydrogen (secondary N) is 2. The van der Waals surface area contributed by atoms with E-state index in [1.54, 1.807) is 36.4 Å². The Bertz CT molecular complexity index is 1890. The van der Waals surface area contributed by atoms with Crippen molar-refractivity contribution >= 4 is 11.8 Å². The van der Waals surface area contributed by atoms with Crippen LogP contribution in [0.15, 0.2) is 60.7 Å². The molecule has 2 aliphatic rings. The van der Waals surface area contributed by atoms with Crippen LogP contribution in [0.4, 0.5) is 8.78 Å². The van der Waals surface area contributed by atoms with Crippen LogP contribution < -0.4 is 39.1 Å². The number of nitrogens with zero attached hydrogens (tertiary/aromatic N) is 2. The summed E-state index contributed by atoms with van der Waals surface area (Å²) in [5, 5.41) is 7.24. The summed E-state index contributed by atoms with van der Waals surface area (Å²) in [4.78, 5) is 30.7. The first kappa shape index (κ1) is 42.0. The summed E-state index contributed by atoms with van der Waals surface area (Å²) in [5.41, 5.74) is 2.36. The lowest BCUT2D eigenvalue weighted by molar-refractivity contribution is 0.0693. The van der Waals surface area contributed by atoms with Crippen LogP contribution in [0.25, 0.3) is 22.3 Å². The van der Waals surface area contributed by atoms with E-state index in [9.17, 15) is 9.59 Å². The molecule has 4 aromatic rings. The third-order valence-corrected chi connectivity index (χ3v) is 10.9. The van der Waals surface area contributed by atoms with E-state index >= 15 is 8.78 Å². The van der Waals surface area contributed by atoms with Crippen LogP contribution in [0, 0.1) is 11.6 Å². The molecule has 0 unspecified atom stereocenters. The van der Waals surface area contributed by atoms with Gasteiger partial charge in [-0.1, -0.05) is 0 Å². The number of halogens is 2. The zero-order valence-electron chi connectivity index (χ0n) is 33.9. The van der Waals surface area contributed by atoms with E-state index in [2.05, 4.69) is 10.6 Å². The fourth-order valence-electron chi connectivity index (χ4n) is 7.72. The molecule has 0 spiro atoms. The lowest BCUT2D eigenvalue weighted by Crippen LogP contribution is -2.48. The Kier molecular flexibility index (Phi) is 13.9. The van der Waals surface area contributed by atoms with Gasteiger partial charge in [0, 0.05) is 73.6 Å². The molecule has 14 heteroatoms. The highest BCUT2D eigenvalue weighted by Crippen LogP contribution is 2.43. The Morgan fingerprint density at radius 2 is 0.862 bits per heavy atom. The molecule has 0 aliphatic carbocycles. The van der Waals surface area contributed by atoms with Gasteiger partial charge in [0.1, 0.15) is 11.6 Å². The maximum atomic E-state index is 15.1. The van der Waals surface area contributed by atoms with Crippen molar-refractivity contribution in [3.8, 4) is 56.8 Å². The predicted molar refractivity (Wildman–Crippen MR) is 217 cm³/mol. The number of piperidine rings is 2. The van der Waals surface area contributed by atoms with Gasteiger partial charge in [-0.3, -0.25) is 9.59 Å². The number of ether oxygens (including phenoxy) is 6. The lowest BCUT2D eigenvalue weighted by atomic mass is 9.99. The molecule has 310 valence electrons. The topological polar surface area (TPSA) is 120 Å². The Balaban J connectivity index is 0.950. The molecule has 0 saturated carbocycles. The van der Waals surface area contributed by atoms with Gasteiger partial charge < -0.3 is 48.9 Å². The van der Waals surface area contributed by atoms with Crippen molar-refractivity contribution < 1.29 is 46.8 Å². The van der Waals surface area contributed by atoms with Crippen LogP contribution >= 0.6 is 0 Å². The zero-order chi connectivity index (χ0) is 41.3. The standard InChI is InChI=1S/C44H52F2N4O8/c1-53-37-23-29(24-38(54-2)41(37)57-5)33-21-27(7-9-35(33)45)43(51)49-17-11-31(12-18-49)47-15-16-48-32-13-19-50(20-14-32)44(52)28-8-10-36(46)34(22-28)30-25-39(55-3)42(58-6)40(26-30)56-4/h7-10,21-26,31-32,47-48H,11-20H2,1-6H3. The number of methoxy groups -OCH3 is 6. The third kappa shape index (κ3) is 9.24. The molecule has 58 heavy (non-hydrogen) atoms. The minimum atomic E-state index is -0.463. The molecule has 6 rings (SSSR count). The van der Waals surface area contributed by atoms with Gasteiger partial charge in [-0.15, -0.1) is 0 Å². The molecule has 2 heterocycles. The van der Waals surface area contributed by atoms with Crippen LogP contribution in [-0.2, 0) is 0 Å². The molecule has 0 bridgehead atoms. The number of hydrogen-bond acceptors (Lipinski definition) is 10.